The summed E-state index contributed by atoms with van der Waals surface area (Å²) < 4.78 is 72.9. The van der Waals surface area contributed by atoms with Gasteiger partial charge in [0.15, 0.2) is 35.0 Å². The first-order valence-electron chi connectivity index (χ1n) is 10.3. The van der Waals surface area contributed by atoms with Crippen LogP contribution in [0.2, 0.25) is 0 Å². The minimum absolute atomic E-state index is 0.00462. The number of carbonyl (C=O) groups is 1. The highest BCUT2D eigenvalue weighted by Gasteiger charge is 2.64. The minimum atomic E-state index is -3.22. The molecule has 3 heterocycles. The summed E-state index contributed by atoms with van der Waals surface area (Å²) in [6.45, 7) is 4.35. The van der Waals surface area contributed by atoms with E-state index in [0.717, 1.165) is 17.8 Å². The van der Waals surface area contributed by atoms with Crippen molar-refractivity contribution in [3.05, 3.63) is 12.4 Å². The molecule has 1 fully saturated rings. The Labute approximate surface area is 193 Å². The van der Waals surface area contributed by atoms with Gasteiger partial charge in [0.2, 0.25) is 0 Å². The Hall–Kier alpha value is -2.32. The first-order valence-corrected chi connectivity index (χ1v) is 11.6. The van der Waals surface area contributed by atoms with Gasteiger partial charge in [-0.25, -0.2) is 18.9 Å². The largest absolute Gasteiger partial charge is 0.462 e. The highest BCUT2D eigenvalue weighted by atomic mass is 31.1. The van der Waals surface area contributed by atoms with Crippen molar-refractivity contribution in [2.24, 2.45) is 0 Å². The van der Waals surface area contributed by atoms with Gasteiger partial charge in [-0.15, -0.1) is 0 Å². The second-order valence-electron chi connectivity index (χ2n) is 8.15. The number of carbonyl (C=O) groups excluding carboxylic acids is 1. The van der Waals surface area contributed by atoms with E-state index in [2.05, 4.69) is 25.4 Å². The van der Waals surface area contributed by atoms with Crippen LogP contribution in [0.3, 0.4) is 0 Å². The molecule has 34 heavy (non-hydrogen) atoms. The number of aliphatic hydroxyl groups is 1. The predicted octanol–water partition coefficient (Wildman–Crippen LogP) is 1.63. The van der Waals surface area contributed by atoms with E-state index in [0.29, 0.717) is 0 Å². The number of esters is 1. The number of rotatable bonds is 9. The van der Waals surface area contributed by atoms with Crippen LogP contribution in [-0.2, 0) is 23.4 Å². The number of anilines is 1. The number of hydrogen-bond acceptors (Lipinski definition) is 10. The number of nitrogens with one attached hydrogen (secondary N) is 2. The predicted molar refractivity (Wildman–Crippen MR) is 113 cm³/mol. The molecule has 3 rings (SSSR count). The third-order valence-electron chi connectivity index (χ3n) is 5.06. The second kappa shape index (κ2) is 9.74. The van der Waals surface area contributed by atoms with Crippen LogP contribution in [0.1, 0.15) is 33.9 Å². The summed E-state index contributed by atoms with van der Waals surface area (Å²) in [6.07, 6.45) is -4.75. The summed E-state index contributed by atoms with van der Waals surface area (Å²) in [5, 5.41) is 15.3. The number of ether oxygens (including phenoxy) is 2. The molecule has 0 aliphatic carbocycles. The molecule has 3 N–H and O–H groups in total. The Balaban J connectivity index is 1.77. The molecule has 1 unspecified atom stereocenters. The molecule has 0 bridgehead atoms. The number of imidazole rings is 1. The van der Waals surface area contributed by atoms with Gasteiger partial charge in [0.1, 0.15) is 12.6 Å². The lowest BCUT2D eigenvalue weighted by molar-refractivity contribution is -0.201. The summed E-state index contributed by atoms with van der Waals surface area (Å²) in [5.74, 6) is -3.85. The van der Waals surface area contributed by atoms with Crippen molar-refractivity contribution in [2.75, 3.05) is 19.0 Å². The van der Waals surface area contributed by atoms with Crippen molar-refractivity contribution in [3.8, 4) is 0 Å². The monoisotopic (exact) mass is 510 g/mol. The number of halogens is 3. The van der Waals surface area contributed by atoms with Gasteiger partial charge in [-0.3, -0.25) is 13.9 Å². The third kappa shape index (κ3) is 5.03. The molecule has 0 spiro atoms. The third-order valence-corrected chi connectivity index (χ3v) is 6.13. The molecule has 0 saturated carbocycles. The number of alkyl halides is 2. The fraction of sp³-hybridized carbons (Fsp3) is 0.667. The highest BCUT2D eigenvalue weighted by Crippen LogP contribution is 2.49. The van der Waals surface area contributed by atoms with Crippen molar-refractivity contribution in [2.45, 2.75) is 63.7 Å². The average Bonchev–Trinajstić information content (AvgIpc) is 3.24. The number of aliphatic hydroxyl groups excluding tert-OH is 1. The highest BCUT2D eigenvalue weighted by molar-refractivity contribution is 7.36. The average molecular weight is 510 g/mol. The molecule has 190 valence electrons. The molecule has 1 aliphatic heterocycles. The van der Waals surface area contributed by atoms with Crippen LogP contribution in [0.4, 0.5) is 19.0 Å². The van der Waals surface area contributed by atoms with Crippen LogP contribution in [0, 0.1) is 6.08 Å². The first kappa shape index (κ1) is 26.3. The summed E-state index contributed by atoms with van der Waals surface area (Å²) in [6, 6.07) is -1.04. The summed E-state index contributed by atoms with van der Waals surface area (Å²) in [4.78, 5) is 22.9. The van der Waals surface area contributed by atoms with E-state index in [1.54, 1.807) is 13.8 Å². The zero-order valence-corrected chi connectivity index (χ0v) is 20.0. The van der Waals surface area contributed by atoms with Crippen molar-refractivity contribution < 1.29 is 41.6 Å². The van der Waals surface area contributed by atoms with E-state index in [1.165, 1.54) is 14.0 Å². The Bertz CT molecular complexity index is 1090. The lowest BCUT2D eigenvalue weighted by Gasteiger charge is -2.25. The van der Waals surface area contributed by atoms with Crippen LogP contribution in [0.5, 0.6) is 0 Å². The standard InChI is InChI=1S/C18H26F3N6O6P/c1-8(2)32-13(28)9(3)26-34(30)31-6-18(21)14(29)17(4,20)15(33-18)27-7-23-10-11(22-5)24-16(19)25-12(10)27/h7-9,14-15,29,34H,6H2,1-5H3,(H,26,30)(H,22,24,25)/t9-,14-,15+,17+,18+/m0/s1. The first-order chi connectivity index (χ1) is 15.8. The van der Waals surface area contributed by atoms with Gasteiger partial charge in [-0.1, -0.05) is 0 Å². The number of hydrogen-bond donors (Lipinski definition) is 3. The van der Waals surface area contributed by atoms with Gasteiger partial charge in [0, 0.05) is 7.05 Å². The maximum absolute atomic E-state index is 15.5. The van der Waals surface area contributed by atoms with E-state index >= 15 is 8.78 Å². The maximum Gasteiger partial charge on any atom is 0.323 e. The molecule has 0 radical (unpaired) electrons. The zero-order valence-electron chi connectivity index (χ0n) is 19.0. The number of fused-ring (bicyclic) bond motifs is 1. The zero-order chi connectivity index (χ0) is 25.4. The molecule has 0 amide bonds. The molecule has 6 atom stereocenters. The minimum Gasteiger partial charge on any atom is -0.462 e. The van der Waals surface area contributed by atoms with Crippen LogP contribution in [-0.4, -0.2) is 74.0 Å². The van der Waals surface area contributed by atoms with E-state index < -0.39 is 62.8 Å². The van der Waals surface area contributed by atoms with Gasteiger partial charge in [0.05, 0.1) is 12.4 Å². The quantitative estimate of drug-likeness (QED) is 0.257. The summed E-state index contributed by atoms with van der Waals surface area (Å²) in [7, 11) is -1.77. The van der Waals surface area contributed by atoms with Crippen LogP contribution < -0.4 is 10.4 Å². The van der Waals surface area contributed by atoms with Crippen LogP contribution >= 0.6 is 8.18 Å². The number of aromatic nitrogens is 4. The molecule has 0 aromatic carbocycles. The Morgan fingerprint density at radius 1 is 1.38 bits per heavy atom. The van der Waals surface area contributed by atoms with E-state index in [1.807, 2.05) is 0 Å². The smallest absolute Gasteiger partial charge is 0.323 e. The Kier molecular flexibility index (Phi) is 7.53. The van der Waals surface area contributed by atoms with Gasteiger partial charge in [0.25, 0.3) is 14.0 Å². The fourth-order valence-electron chi connectivity index (χ4n) is 3.38. The summed E-state index contributed by atoms with van der Waals surface area (Å²) in [5.41, 5.74) is -2.91. The maximum atomic E-state index is 15.5. The molecule has 2 aromatic rings. The molecular weight excluding hydrogens is 484 g/mol. The van der Waals surface area contributed by atoms with Crippen molar-refractivity contribution >= 4 is 31.1 Å². The SMILES string of the molecule is CNc1nc(F)nc2c1ncn2[C@@H]1O[C@](F)(CO[PH](=O)N[C@@H](C)C(=O)OC(C)C)[C@@H](O)[C@@]1(C)F. The van der Waals surface area contributed by atoms with E-state index in [4.69, 9.17) is 14.0 Å². The molecule has 12 nitrogen and oxygen atoms in total. The van der Waals surface area contributed by atoms with Gasteiger partial charge in [-0.05, 0) is 27.7 Å². The van der Waals surface area contributed by atoms with Crippen LogP contribution in [0.15, 0.2) is 6.33 Å². The second-order valence-corrected chi connectivity index (χ2v) is 9.31. The molecular formula is C18H26F3N6O6P. The molecule has 1 saturated heterocycles. The van der Waals surface area contributed by atoms with Gasteiger partial charge >= 0.3 is 12.0 Å². The van der Waals surface area contributed by atoms with Crippen molar-refractivity contribution in [3.63, 3.8) is 0 Å². The van der Waals surface area contributed by atoms with Gasteiger partial charge < -0.3 is 24.4 Å². The van der Waals surface area contributed by atoms with Crippen LogP contribution in [0.25, 0.3) is 11.2 Å². The topological polar surface area (TPSA) is 150 Å². The lowest BCUT2D eigenvalue weighted by atomic mass is 9.97. The number of nitrogens with zero attached hydrogens (tertiary/aromatic N) is 4. The van der Waals surface area contributed by atoms with E-state index in [9.17, 15) is 18.9 Å². The molecule has 16 heteroatoms. The molecule has 1 aliphatic rings. The Morgan fingerprint density at radius 3 is 2.68 bits per heavy atom. The Morgan fingerprint density at radius 2 is 2.06 bits per heavy atom. The summed E-state index contributed by atoms with van der Waals surface area (Å²) >= 11 is 0. The normalized spacial score (nSPS) is 28.9. The van der Waals surface area contributed by atoms with Crippen molar-refractivity contribution in [1.29, 1.82) is 0 Å². The van der Waals surface area contributed by atoms with Crippen molar-refractivity contribution in [1.82, 2.24) is 24.6 Å². The lowest BCUT2D eigenvalue weighted by Crippen LogP contribution is -2.46. The van der Waals surface area contributed by atoms with E-state index in [-0.39, 0.29) is 17.0 Å². The molecule has 2 aromatic heterocycles. The van der Waals surface area contributed by atoms with Gasteiger partial charge in [-0.2, -0.15) is 14.4 Å². The fourth-order valence-corrected chi connectivity index (χ4v) is 4.26.